The van der Waals surface area contributed by atoms with Gasteiger partial charge in [0.15, 0.2) is 0 Å². The molecule has 1 saturated heterocycles. The second-order valence-corrected chi connectivity index (χ2v) is 9.70. The molecule has 2 aliphatic rings. The molecule has 0 unspecified atom stereocenters. The highest BCUT2D eigenvalue weighted by molar-refractivity contribution is 6.31. The fourth-order valence-electron chi connectivity index (χ4n) is 5.08. The number of aromatic amines is 1. The zero-order valence-electron chi connectivity index (χ0n) is 17.9. The molecule has 0 spiro atoms. The SMILES string of the molecule is CC1=C[C@@H](CNC2CCOCC2)[C@H](C(C)C)C[C@H]1Cc1nc2ccc(Cl)cc2[nH]1. The average Bonchev–Trinajstić information content (AvgIpc) is 3.10. The molecule has 158 valence electrons. The number of halogens is 1. The van der Waals surface area contributed by atoms with Crippen LogP contribution in [0.5, 0.6) is 0 Å². The Labute approximate surface area is 179 Å². The summed E-state index contributed by atoms with van der Waals surface area (Å²) in [4.78, 5) is 8.28. The summed E-state index contributed by atoms with van der Waals surface area (Å²) in [5.74, 6) is 3.62. The monoisotopic (exact) mass is 415 g/mol. The maximum absolute atomic E-state index is 6.13. The van der Waals surface area contributed by atoms with Crippen molar-refractivity contribution in [2.45, 2.75) is 52.5 Å². The van der Waals surface area contributed by atoms with Crippen LogP contribution in [0.2, 0.25) is 5.02 Å². The number of hydrogen-bond donors (Lipinski definition) is 2. The van der Waals surface area contributed by atoms with Crippen molar-refractivity contribution in [3.05, 3.63) is 40.7 Å². The van der Waals surface area contributed by atoms with Crippen molar-refractivity contribution in [3.63, 3.8) is 0 Å². The normalized spacial score (nSPS) is 26.2. The Hall–Kier alpha value is -1.36. The molecule has 4 rings (SSSR count). The van der Waals surface area contributed by atoms with Crippen molar-refractivity contribution in [2.75, 3.05) is 19.8 Å². The summed E-state index contributed by atoms with van der Waals surface area (Å²) in [6.07, 6.45) is 7.03. The molecule has 1 fully saturated rings. The van der Waals surface area contributed by atoms with Gasteiger partial charge in [0.2, 0.25) is 0 Å². The van der Waals surface area contributed by atoms with Crippen molar-refractivity contribution < 1.29 is 4.74 Å². The molecule has 29 heavy (non-hydrogen) atoms. The first-order chi connectivity index (χ1) is 14.0. The van der Waals surface area contributed by atoms with Crippen LogP contribution in [0.1, 0.15) is 45.9 Å². The molecular formula is C24H34ClN3O. The Balaban J connectivity index is 1.45. The molecule has 1 aliphatic heterocycles. The molecule has 1 aliphatic carbocycles. The molecular weight excluding hydrogens is 382 g/mol. The van der Waals surface area contributed by atoms with Crippen LogP contribution in [-0.4, -0.2) is 35.8 Å². The van der Waals surface area contributed by atoms with Crippen molar-refractivity contribution in [2.24, 2.45) is 23.7 Å². The predicted molar refractivity (Wildman–Crippen MR) is 120 cm³/mol. The van der Waals surface area contributed by atoms with E-state index in [9.17, 15) is 0 Å². The highest BCUT2D eigenvalue weighted by Gasteiger charge is 2.32. The molecule has 5 heteroatoms. The number of hydrogen-bond acceptors (Lipinski definition) is 3. The first-order valence-electron chi connectivity index (χ1n) is 11.1. The number of allylic oxidation sites excluding steroid dienone is 1. The fraction of sp³-hybridized carbons (Fsp3) is 0.625. The van der Waals surface area contributed by atoms with E-state index in [1.54, 1.807) is 0 Å². The lowest BCUT2D eigenvalue weighted by molar-refractivity contribution is 0.0757. The molecule has 2 heterocycles. The molecule has 3 atom stereocenters. The number of benzene rings is 1. The van der Waals surface area contributed by atoms with E-state index in [0.717, 1.165) is 60.9 Å². The van der Waals surface area contributed by atoms with Crippen LogP contribution in [0.4, 0.5) is 0 Å². The molecule has 2 aromatic rings. The quantitative estimate of drug-likeness (QED) is 0.622. The topological polar surface area (TPSA) is 49.9 Å². The van der Waals surface area contributed by atoms with Crippen LogP contribution >= 0.6 is 11.6 Å². The third-order valence-electron chi connectivity index (χ3n) is 6.88. The number of aromatic nitrogens is 2. The lowest BCUT2D eigenvalue weighted by atomic mass is 9.69. The third kappa shape index (κ3) is 5.04. The van der Waals surface area contributed by atoms with E-state index >= 15 is 0 Å². The minimum absolute atomic E-state index is 0.553. The van der Waals surface area contributed by atoms with E-state index < -0.39 is 0 Å². The highest BCUT2D eigenvalue weighted by Crippen LogP contribution is 2.38. The number of rotatable bonds is 6. The molecule has 0 radical (unpaired) electrons. The van der Waals surface area contributed by atoms with Gasteiger partial charge in [0.05, 0.1) is 11.0 Å². The van der Waals surface area contributed by atoms with Gasteiger partial charge >= 0.3 is 0 Å². The first-order valence-corrected chi connectivity index (χ1v) is 11.5. The summed E-state index contributed by atoms with van der Waals surface area (Å²) in [6, 6.07) is 6.48. The Morgan fingerprint density at radius 2 is 2.07 bits per heavy atom. The smallest absolute Gasteiger partial charge is 0.107 e. The summed E-state index contributed by atoms with van der Waals surface area (Å²) in [7, 11) is 0. The van der Waals surface area contributed by atoms with Gasteiger partial charge in [-0.05, 0) is 68.1 Å². The number of H-pyrrole nitrogens is 1. The second kappa shape index (κ2) is 9.20. The zero-order valence-corrected chi connectivity index (χ0v) is 18.6. The summed E-state index contributed by atoms with van der Waals surface area (Å²) < 4.78 is 5.50. The number of ether oxygens (including phenoxy) is 1. The van der Waals surface area contributed by atoms with E-state index in [1.807, 2.05) is 18.2 Å². The Morgan fingerprint density at radius 1 is 1.28 bits per heavy atom. The maximum atomic E-state index is 6.13. The van der Waals surface area contributed by atoms with Crippen LogP contribution in [0.3, 0.4) is 0 Å². The minimum atomic E-state index is 0.553. The van der Waals surface area contributed by atoms with E-state index in [-0.39, 0.29) is 0 Å². The molecule has 1 aromatic heterocycles. The summed E-state index contributed by atoms with van der Waals surface area (Å²) >= 11 is 6.13. The van der Waals surface area contributed by atoms with Crippen LogP contribution in [0, 0.1) is 23.7 Å². The number of fused-ring (bicyclic) bond motifs is 1. The summed E-state index contributed by atoms with van der Waals surface area (Å²) in [5.41, 5.74) is 3.55. The van der Waals surface area contributed by atoms with Crippen molar-refractivity contribution >= 4 is 22.6 Å². The Morgan fingerprint density at radius 3 is 2.83 bits per heavy atom. The molecule has 0 bridgehead atoms. The van der Waals surface area contributed by atoms with E-state index in [0.29, 0.717) is 29.7 Å². The fourth-order valence-corrected chi connectivity index (χ4v) is 5.25. The van der Waals surface area contributed by atoms with Gasteiger partial charge in [0, 0.05) is 37.2 Å². The second-order valence-electron chi connectivity index (χ2n) is 9.26. The van der Waals surface area contributed by atoms with Crippen LogP contribution < -0.4 is 5.32 Å². The standard InChI is InChI=1S/C24H34ClN3O/c1-15(2)21-11-17(12-24-27-22-5-4-19(25)13-23(22)28-24)16(3)10-18(21)14-26-20-6-8-29-9-7-20/h4-5,10,13,15,17-18,20-21,26H,6-9,11-12,14H2,1-3H3,(H,27,28)/t17-,18-,21-/m0/s1. The van der Waals surface area contributed by atoms with Crippen molar-refractivity contribution in [1.29, 1.82) is 0 Å². The van der Waals surface area contributed by atoms with Gasteiger partial charge in [0.1, 0.15) is 5.82 Å². The van der Waals surface area contributed by atoms with E-state index in [4.69, 9.17) is 21.3 Å². The molecule has 1 aromatic carbocycles. The molecule has 2 N–H and O–H groups in total. The molecule has 4 nitrogen and oxygen atoms in total. The van der Waals surface area contributed by atoms with Gasteiger partial charge < -0.3 is 15.0 Å². The molecule has 0 amide bonds. The third-order valence-corrected chi connectivity index (χ3v) is 7.12. The lowest BCUT2D eigenvalue weighted by Crippen LogP contribution is -2.41. The first kappa shape index (κ1) is 20.9. The van der Waals surface area contributed by atoms with Crippen LogP contribution in [-0.2, 0) is 11.2 Å². The van der Waals surface area contributed by atoms with Crippen LogP contribution in [0.15, 0.2) is 29.8 Å². The van der Waals surface area contributed by atoms with E-state index in [2.05, 4.69) is 37.1 Å². The van der Waals surface area contributed by atoms with Gasteiger partial charge in [-0.1, -0.05) is 37.1 Å². The number of imidazole rings is 1. The van der Waals surface area contributed by atoms with Gasteiger partial charge in [-0.3, -0.25) is 0 Å². The summed E-state index contributed by atoms with van der Waals surface area (Å²) in [6.45, 7) is 9.94. The average molecular weight is 416 g/mol. The van der Waals surface area contributed by atoms with Crippen molar-refractivity contribution in [3.8, 4) is 0 Å². The minimum Gasteiger partial charge on any atom is -0.381 e. The largest absolute Gasteiger partial charge is 0.381 e. The van der Waals surface area contributed by atoms with Crippen LogP contribution in [0.25, 0.3) is 11.0 Å². The van der Waals surface area contributed by atoms with E-state index in [1.165, 1.54) is 12.0 Å². The van der Waals surface area contributed by atoms with Gasteiger partial charge in [-0.2, -0.15) is 0 Å². The van der Waals surface area contributed by atoms with Crippen molar-refractivity contribution in [1.82, 2.24) is 15.3 Å². The number of nitrogens with one attached hydrogen (secondary N) is 2. The highest BCUT2D eigenvalue weighted by atomic mass is 35.5. The lowest BCUT2D eigenvalue weighted by Gasteiger charge is -2.38. The Kier molecular flexibility index (Phi) is 6.63. The Bertz CT molecular complexity index is 853. The maximum Gasteiger partial charge on any atom is 0.107 e. The summed E-state index contributed by atoms with van der Waals surface area (Å²) in [5, 5.41) is 4.58. The number of nitrogens with zero attached hydrogens (tertiary/aromatic N) is 1. The predicted octanol–water partition coefficient (Wildman–Crippen LogP) is 5.38. The molecule has 0 saturated carbocycles. The zero-order chi connectivity index (χ0) is 20.4. The van der Waals surface area contributed by atoms with Gasteiger partial charge in [0.25, 0.3) is 0 Å². The van der Waals surface area contributed by atoms with Gasteiger partial charge in [-0.25, -0.2) is 4.98 Å². The van der Waals surface area contributed by atoms with Gasteiger partial charge in [-0.15, -0.1) is 0 Å².